The molecular formula is C13H21N5O3. The summed E-state index contributed by atoms with van der Waals surface area (Å²) in [6, 6.07) is 1.47. The number of esters is 1. The van der Waals surface area contributed by atoms with Gasteiger partial charge >= 0.3 is 5.97 Å². The topological polar surface area (TPSA) is 90.6 Å². The Kier molecular flexibility index (Phi) is 5.29. The molecule has 0 atom stereocenters. The van der Waals surface area contributed by atoms with Gasteiger partial charge in [-0.15, -0.1) is 0 Å². The van der Waals surface area contributed by atoms with E-state index in [1.807, 2.05) is 0 Å². The smallest absolute Gasteiger partial charge is 0.356 e. The number of likely N-dealkylation sites (N-methyl/N-ethyl adjacent to an activating group) is 1. The van der Waals surface area contributed by atoms with E-state index in [0.717, 1.165) is 26.2 Å². The minimum Gasteiger partial charge on any atom is -0.461 e. The molecule has 1 aromatic rings. The van der Waals surface area contributed by atoms with Crippen LogP contribution < -0.4 is 5.32 Å². The molecule has 1 aromatic heterocycles. The first-order valence-electron chi connectivity index (χ1n) is 7.01. The van der Waals surface area contributed by atoms with Crippen LogP contribution in [0, 0.1) is 0 Å². The second-order valence-electron chi connectivity index (χ2n) is 5.01. The first kappa shape index (κ1) is 15.5. The van der Waals surface area contributed by atoms with E-state index in [0.29, 0.717) is 19.0 Å². The summed E-state index contributed by atoms with van der Waals surface area (Å²) in [6.07, 6.45) is 0. The molecule has 1 amide bonds. The number of rotatable bonds is 5. The Hall–Kier alpha value is -1.93. The molecule has 21 heavy (non-hydrogen) atoms. The van der Waals surface area contributed by atoms with Crippen molar-refractivity contribution in [2.75, 3.05) is 51.7 Å². The van der Waals surface area contributed by atoms with Crippen LogP contribution in [-0.2, 0) is 9.53 Å². The van der Waals surface area contributed by atoms with Crippen molar-refractivity contribution >= 4 is 17.7 Å². The Morgan fingerprint density at radius 2 is 2.10 bits per heavy atom. The molecule has 1 aliphatic rings. The summed E-state index contributed by atoms with van der Waals surface area (Å²) in [6.45, 7) is 6.02. The number of ether oxygens (including phenoxy) is 1. The average molecular weight is 295 g/mol. The fraction of sp³-hybridized carbons (Fsp3) is 0.615. The molecule has 8 heteroatoms. The largest absolute Gasteiger partial charge is 0.461 e. The number of H-pyrrole nitrogens is 1. The molecule has 1 fully saturated rings. The van der Waals surface area contributed by atoms with Crippen molar-refractivity contribution in [3.05, 3.63) is 11.8 Å². The number of nitrogens with one attached hydrogen (secondary N) is 2. The minimum absolute atomic E-state index is 0.138. The lowest BCUT2D eigenvalue weighted by atomic mass is 10.3. The number of amides is 1. The fourth-order valence-electron chi connectivity index (χ4n) is 2.09. The van der Waals surface area contributed by atoms with Crippen LogP contribution in [0.3, 0.4) is 0 Å². The van der Waals surface area contributed by atoms with Crippen LogP contribution in [0.25, 0.3) is 0 Å². The van der Waals surface area contributed by atoms with E-state index in [1.165, 1.54) is 6.07 Å². The van der Waals surface area contributed by atoms with E-state index in [-0.39, 0.29) is 11.6 Å². The summed E-state index contributed by atoms with van der Waals surface area (Å²) in [7, 11) is 2.07. The zero-order valence-electron chi connectivity index (χ0n) is 12.4. The molecule has 2 rings (SSSR count). The Morgan fingerprint density at radius 1 is 1.38 bits per heavy atom. The molecule has 116 valence electrons. The van der Waals surface area contributed by atoms with E-state index < -0.39 is 5.97 Å². The molecule has 1 saturated heterocycles. The molecule has 0 bridgehead atoms. The summed E-state index contributed by atoms with van der Waals surface area (Å²) >= 11 is 0. The summed E-state index contributed by atoms with van der Waals surface area (Å²) < 4.78 is 4.84. The van der Waals surface area contributed by atoms with Gasteiger partial charge in [0.25, 0.3) is 0 Å². The van der Waals surface area contributed by atoms with Gasteiger partial charge in [0.1, 0.15) is 5.69 Å². The number of aromatic amines is 1. The first-order chi connectivity index (χ1) is 10.1. The van der Waals surface area contributed by atoms with Crippen molar-refractivity contribution in [1.29, 1.82) is 0 Å². The quantitative estimate of drug-likeness (QED) is 0.729. The summed E-state index contributed by atoms with van der Waals surface area (Å²) in [5, 5.41) is 9.10. The maximum Gasteiger partial charge on any atom is 0.356 e. The first-order valence-corrected chi connectivity index (χ1v) is 7.01. The Morgan fingerprint density at radius 3 is 2.76 bits per heavy atom. The molecule has 1 aliphatic heterocycles. The third kappa shape index (κ3) is 4.54. The van der Waals surface area contributed by atoms with Crippen molar-refractivity contribution in [2.45, 2.75) is 6.92 Å². The van der Waals surface area contributed by atoms with Crippen molar-refractivity contribution in [1.82, 2.24) is 20.0 Å². The highest BCUT2D eigenvalue weighted by molar-refractivity contribution is 5.93. The predicted molar refractivity (Wildman–Crippen MR) is 77.1 cm³/mol. The van der Waals surface area contributed by atoms with Crippen LogP contribution in [0.5, 0.6) is 0 Å². The molecule has 0 radical (unpaired) electrons. The molecular weight excluding hydrogens is 274 g/mol. The van der Waals surface area contributed by atoms with Crippen LogP contribution in [0.1, 0.15) is 17.4 Å². The van der Waals surface area contributed by atoms with Crippen molar-refractivity contribution in [3.8, 4) is 0 Å². The zero-order valence-corrected chi connectivity index (χ0v) is 12.4. The van der Waals surface area contributed by atoms with E-state index in [1.54, 1.807) is 6.92 Å². The lowest BCUT2D eigenvalue weighted by molar-refractivity contribution is -0.117. The highest BCUT2D eigenvalue weighted by Gasteiger charge is 2.17. The van der Waals surface area contributed by atoms with Gasteiger partial charge in [-0.3, -0.25) is 14.8 Å². The van der Waals surface area contributed by atoms with Gasteiger partial charge in [-0.1, -0.05) is 0 Å². The third-order valence-electron chi connectivity index (χ3n) is 3.30. The highest BCUT2D eigenvalue weighted by Crippen LogP contribution is 2.07. The number of hydrogen-bond acceptors (Lipinski definition) is 6. The molecule has 2 heterocycles. The molecule has 0 saturated carbocycles. The molecule has 2 N–H and O–H groups in total. The Balaban J connectivity index is 1.81. The molecule has 0 unspecified atom stereocenters. The molecule has 0 aromatic carbocycles. The molecule has 0 aliphatic carbocycles. The monoisotopic (exact) mass is 295 g/mol. The number of piperazine rings is 1. The summed E-state index contributed by atoms with van der Waals surface area (Å²) in [5.41, 5.74) is 0.228. The van der Waals surface area contributed by atoms with E-state index in [4.69, 9.17) is 4.74 Å². The number of carbonyl (C=O) groups is 2. The normalized spacial score (nSPS) is 16.7. The SMILES string of the molecule is CCOC(=O)c1cc(NC(=O)CN2CCN(C)CC2)n[nH]1. The van der Waals surface area contributed by atoms with E-state index in [2.05, 4.69) is 32.4 Å². The summed E-state index contributed by atoms with van der Waals surface area (Å²) in [5.74, 6) is -0.289. The van der Waals surface area contributed by atoms with Crippen molar-refractivity contribution < 1.29 is 14.3 Å². The molecule has 8 nitrogen and oxygen atoms in total. The maximum absolute atomic E-state index is 11.9. The lowest BCUT2D eigenvalue weighted by Crippen LogP contribution is -2.47. The van der Waals surface area contributed by atoms with Crippen molar-refractivity contribution in [2.24, 2.45) is 0 Å². The van der Waals surface area contributed by atoms with E-state index in [9.17, 15) is 9.59 Å². The van der Waals surface area contributed by atoms with Gasteiger partial charge in [0, 0.05) is 32.2 Å². The standard InChI is InChI=1S/C13H21N5O3/c1-3-21-13(20)10-8-11(16-15-10)14-12(19)9-18-6-4-17(2)5-7-18/h8H,3-7,9H2,1-2H3,(H2,14,15,16,19). The fourth-order valence-corrected chi connectivity index (χ4v) is 2.09. The number of nitrogens with zero attached hydrogens (tertiary/aromatic N) is 3. The summed E-state index contributed by atoms with van der Waals surface area (Å²) in [4.78, 5) is 27.7. The Bertz CT molecular complexity index is 494. The molecule has 0 spiro atoms. The van der Waals surface area contributed by atoms with Crippen LogP contribution >= 0.6 is 0 Å². The number of anilines is 1. The van der Waals surface area contributed by atoms with Crippen LogP contribution in [0.15, 0.2) is 6.07 Å². The van der Waals surface area contributed by atoms with Gasteiger partial charge in [-0.05, 0) is 14.0 Å². The van der Waals surface area contributed by atoms with Gasteiger partial charge < -0.3 is 15.0 Å². The maximum atomic E-state index is 11.9. The highest BCUT2D eigenvalue weighted by atomic mass is 16.5. The van der Waals surface area contributed by atoms with Gasteiger partial charge in [0.05, 0.1) is 13.2 Å². The van der Waals surface area contributed by atoms with Gasteiger partial charge in [-0.2, -0.15) is 5.10 Å². The minimum atomic E-state index is -0.482. The van der Waals surface area contributed by atoms with Crippen LogP contribution in [0.2, 0.25) is 0 Å². The van der Waals surface area contributed by atoms with Gasteiger partial charge in [0.15, 0.2) is 5.82 Å². The van der Waals surface area contributed by atoms with Gasteiger partial charge in [-0.25, -0.2) is 4.79 Å². The second kappa shape index (κ2) is 7.19. The van der Waals surface area contributed by atoms with Gasteiger partial charge in [0.2, 0.25) is 5.91 Å². The zero-order chi connectivity index (χ0) is 15.2. The van der Waals surface area contributed by atoms with Crippen LogP contribution in [-0.4, -0.2) is 78.3 Å². The Labute approximate surface area is 123 Å². The van der Waals surface area contributed by atoms with Crippen LogP contribution in [0.4, 0.5) is 5.82 Å². The predicted octanol–water partition coefficient (Wildman–Crippen LogP) is -0.228. The third-order valence-corrected chi connectivity index (χ3v) is 3.30. The number of hydrogen-bond donors (Lipinski definition) is 2. The number of carbonyl (C=O) groups excluding carboxylic acids is 2. The number of aromatic nitrogens is 2. The van der Waals surface area contributed by atoms with Crippen molar-refractivity contribution in [3.63, 3.8) is 0 Å². The average Bonchev–Trinajstić information content (AvgIpc) is 2.90. The lowest BCUT2D eigenvalue weighted by Gasteiger charge is -2.31. The van der Waals surface area contributed by atoms with E-state index >= 15 is 0 Å². The second-order valence-corrected chi connectivity index (χ2v) is 5.01.